The van der Waals surface area contributed by atoms with Gasteiger partial charge in [-0.2, -0.15) is 4.37 Å². The summed E-state index contributed by atoms with van der Waals surface area (Å²) in [5.41, 5.74) is 0.479. The lowest BCUT2D eigenvalue weighted by atomic mass is 10.0. The molecular formula is C12H13N3O3S. The summed E-state index contributed by atoms with van der Waals surface area (Å²) in [5.74, 6) is -0.0640. The lowest BCUT2D eigenvalue weighted by Gasteiger charge is -2.08. The molecule has 0 aromatic carbocycles. The first kappa shape index (κ1) is 12.4. The van der Waals surface area contributed by atoms with Crippen molar-refractivity contribution >= 4 is 27.5 Å². The van der Waals surface area contributed by atoms with Crippen LogP contribution in [0.2, 0.25) is 0 Å². The molecule has 6 nitrogen and oxygen atoms in total. The van der Waals surface area contributed by atoms with Crippen molar-refractivity contribution in [2.75, 3.05) is 13.2 Å². The van der Waals surface area contributed by atoms with Gasteiger partial charge in [0.2, 0.25) is 0 Å². The number of hydrogen-bond acceptors (Lipinski definition) is 6. The molecule has 1 fully saturated rings. The maximum Gasteiger partial charge on any atom is 0.264 e. The van der Waals surface area contributed by atoms with E-state index in [2.05, 4.69) is 9.36 Å². The number of fused-ring (bicyclic) bond motifs is 1. The Hall–Kier alpha value is -1.60. The number of ketones is 1. The summed E-state index contributed by atoms with van der Waals surface area (Å²) in [5, 5.41) is 0.517. The van der Waals surface area contributed by atoms with Gasteiger partial charge >= 0.3 is 0 Å². The number of aryl methyl sites for hydroxylation is 1. The third-order valence-electron chi connectivity index (χ3n) is 3.35. The Morgan fingerprint density at radius 1 is 1.63 bits per heavy atom. The molecule has 2 aromatic heterocycles. The summed E-state index contributed by atoms with van der Waals surface area (Å²) in [4.78, 5) is 29.1. The molecule has 0 radical (unpaired) electrons. The maximum absolute atomic E-state index is 12.3. The normalized spacial score (nSPS) is 19.1. The van der Waals surface area contributed by atoms with Crippen LogP contribution in [0.15, 0.2) is 11.1 Å². The Bertz CT molecular complexity index is 685. The van der Waals surface area contributed by atoms with Crippen LogP contribution >= 0.6 is 11.5 Å². The predicted octanol–water partition coefficient (Wildman–Crippen LogP) is 0.767. The van der Waals surface area contributed by atoms with Gasteiger partial charge in [0.05, 0.1) is 30.6 Å². The molecular weight excluding hydrogens is 266 g/mol. The largest absolute Gasteiger partial charge is 0.381 e. The summed E-state index contributed by atoms with van der Waals surface area (Å²) in [6.45, 7) is 2.92. The van der Waals surface area contributed by atoms with E-state index in [1.165, 1.54) is 22.4 Å². The highest BCUT2D eigenvalue weighted by Gasteiger charge is 2.24. The van der Waals surface area contributed by atoms with Crippen molar-refractivity contribution in [1.29, 1.82) is 0 Å². The van der Waals surface area contributed by atoms with Crippen LogP contribution in [-0.4, -0.2) is 32.9 Å². The first-order chi connectivity index (χ1) is 9.16. The van der Waals surface area contributed by atoms with Gasteiger partial charge in [0.15, 0.2) is 10.6 Å². The van der Waals surface area contributed by atoms with Crippen molar-refractivity contribution in [3.8, 4) is 0 Å². The summed E-state index contributed by atoms with van der Waals surface area (Å²) in [6.07, 6.45) is 2.16. The monoisotopic (exact) mass is 279 g/mol. The lowest BCUT2D eigenvalue weighted by molar-refractivity contribution is -0.123. The standard InChI is InChI=1S/C12H13N3O3S/c1-7-10-11(19-14-7)13-6-15(12(10)17)4-9(16)8-2-3-18-5-8/h6,8H,2-5H2,1H3. The van der Waals surface area contributed by atoms with E-state index in [9.17, 15) is 9.59 Å². The highest BCUT2D eigenvalue weighted by Crippen LogP contribution is 2.16. The van der Waals surface area contributed by atoms with Gasteiger partial charge in [-0.05, 0) is 24.9 Å². The van der Waals surface area contributed by atoms with Gasteiger partial charge in [-0.3, -0.25) is 14.2 Å². The second kappa shape index (κ2) is 4.82. The Balaban J connectivity index is 1.92. The molecule has 0 amide bonds. The third-order valence-corrected chi connectivity index (χ3v) is 4.19. The SMILES string of the molecule is Cc1nsc2ncn(CC(=O)C3CCOC3)c(=O)c12. The van der Waals surface area contributed by atoms with Crippen molar-refractivity contribution in [2.45, 2.75) is 19.9 Å². The van der Waals surface area contributed by atoms with E-state index in [0.29, 0.717) is 29.1 Å². The summed E-state index contributed by atoms with van der Waals surface area (Å²) in [7, 11) is 0. The van der Waals surface area contributed by atoms with E-state index in [-0.39, 0.29) is 23.8 Å². The average Bonchev–Trinajstić information content (AvgIpc) is 3.03. The zero-order valence-electron chi connectivity index (χ0n) is 10.5. The van der Waals surface area contributed by atoms with Crippen LogP contribution < -0.4 is 5.56 Å². The van der Waals surface area contributed by atoms with Gasteiger partial charge in [-0.1, -0.05) is 0 Å². The Labute approximate surface area is 113 Å². The fraction of sp³-hybridized carbons (Fsp3) is 0.500. The van der Waals surface area contributed by atoms with Crippen LogP contribution in [0.25, 0.3) is 10.2 Å². The third kappa shape index (κ3) is 2.19. The molecule has 1 aliphatic rings. The number of Topliss-reactive ketones (excluding diaryl/α,β-unsaturated/α-hetero) is 1. The van der Waals surface area contributed by atoms with Gasteiger partial charge in [0.1, 0.15) is 0 Å². The topological polar surface area (TPSA) is 74.1 Å². The highest BCUT2D eigenvalue weighted by atomic mass is 32.1. The molecule has 0 spiro atoms. The molecule has 0 N–H and O–H groups in total. The van der Waals surface area contributed by atoms with Crippen molar-refractivity contribution in [1.82, 2.24) is 13.9 Å². The minimum atomic E-state index is -0.191. The molecule has 3 heterocycles. The van der Waals surface area contributed by atoms with Gasteiger partial charge < -0.3 is 4.74 Å². The zero-order valence-corrected chi connectivity index (χ0v) is 11.3. The molecule has 1 aliphatic heterocycles. The van der Waals surface area contributed by atoms with E-state index < -0.39 is 0 Å². The van der Waals surface area contributed by atoms with Crippen LogP contribution in [0.5, 0.6) is 0 Å². The van der Waals surface area contributed by atoms with Crippen LogP contribution in [0.3, 0.4) is 0 Å². The number of ether oxygens (including phenoxy) is 1. The van der Waals surface area contributed by atoms with E-state index in [4.69, 9.17) is 4.74 Å². The number of carbonyl (C=O) groups excluding carboxylic acids is 1. The molecule has 19 heavy (non-hydrogen) atoms. The number of rotatable bonds is 3. The molecule has 0 aliphatic carbocycles. The van der Waals surface area contributed by atoms with Crippen molar-refractivity contribution in [2.24, 2.45) is 5.92 Å². The molecule has 100 valence electrons. The average molecular weight is 279 g/mol. The van der Waals surface area contributed by atoms with E-state index in [0.717, 1.165) is 6.42 Å². The molecule has 3 rings (SSSR count). The van der Waals surface area contributed by atoms with Crippen molar-refractivity contribution in [3.63, 3.8) is 0 Å². The maximum atomic E-state index is 12.3. The van der Waals surface area contributed by atoms with E-state index in [1.54, 1.807) is 6.92 Å². The number of nitrogens with zero attached hydrogens (tertiary/aromatic N) is 3. The van der Waals surface area contributed by atoms with Crippen molar-refractivity contribution < 1.29 is 9.53 Å². The molecule has 7 heteroatoms. The van der Waals surface area contributed by atoms with Gasteiger partial charge in [0, 0.05) is 12.5 Å². The second-order valence-electron chi connectivity index (χ2n) is 4.65. The Kier molecular flexibility index (Phi) is 3.16. The van der Waals surface area contributed by atoms with Crippen LogP contribution in [0, 0.1) is 12.8 Å². The first-order valence-electron chi connectivity index (χ1n) is 6.08. The quantitative estimate of drug-likeness (QED) is 0.829. The summed E-state index contributed by atoms with van der Waals surface area (Å²) < 4.78 is 10.7. The fourth-order valence-corrected chi connectivity index (χ4v) is 2.94. The van der Waals surface area contributed by atoms with Gasteiger partial charge in [0.25, 0.3) is 5.56 Å². The zero-order chi connectivity index (χ0) is 13.4. The number of aromatic nitrogens is 3. The molecule has 0 saturated carbocycles. The Morgan fingerprint density at radius 3 is 3.21 bits per heavy atom. The second-order valence-corrected chi connectivity index (χ2v) is 5.40. The minimum absolute atomic E-state index is 0.0293. The first-order valence-corrected chi connectivity index (χ1v) is 6.86. The lowest BCUT2D eigenvalue weighted by Crippen LogP contribution is -2.28. The van der Waals surface area contributed by atoms with Crippen LogP contribution in [0.4, 0.5) is 0 Å². The molecule has 1 saturated heterocycles. The predicted molar refractivity (Wildman–Crippen MR) is 70.3 cm³/mol. The Morgan fingerprint density at radius 2 is 2.47 bits per heavy atom. The molecule has 0 bridgehead atoms. The summed E-state index contributed by atoms with van der Waals surface area (Å²) in [6, 6.07) is 0. The molecule has 1 atom stereocenters. The molecule has 1 unspecified atom stereocenters. The highest BCUT2D eigenvalue weighted by molar-refractivity contribution is 7.12. The summed E-state index contributed by atoms with van der Waals surface area (Å²) >= 11 is 1.20. The number of carbonyl (C=O) groups is 1. The van der Waals surface area contributed by atoms with E-state index in [1.807, 2.05) is 0 Å². The fourth-order valence-electron chi connectivity index (χ4n) is 2.21. The van der Waals surface area contributed by atoms with Crippen molar-refractivity contribution in [3.05, 3.63) is 22.4 Å². The van der Waals surface area contributed by atoms with Crippen LogP contribution in [-0.2, 0) is 16.1 Å². The minimum Gasteiger partial charge on any atom is -0.381 e. The van der Waals surface area contributed by atoms with Gasteiger partial charge in [-0.25, -0.2) is 4.98 Å². The van der Waals surface area contributed by atoms with Gasteiger partial charge in [-0.15, -0.1) is 0 Å². The molecule has 2 aromatic rings. The van der Waals surface area contributed by atoms with E-state index >= 15 is 0 Å². The smallest absolute Gasteiger partial charge is 0.264 e. The number of hydrogen-bond donors (Lipinski definition) is 0. The van der Waals surface area contributed by atoms with Crippen LogP contribution in [0.1, 0.15) is 12.1 Å².